The second-order valence-corrected chi connectivity index (χ2v) is 4.01. The number of carboxylic acid groups (broad SMARTS) is 1. The van der Waals surface area contributed by atoms with E-state index in [4.69, 9.17) is 10.8 Å². The van der Waals surface area contributed by atoms with Crippen molar-refractivity contribution < 1.29 is 9.90 Å². The van der Waals surface area contributed by atoms with Crippen LogP contribution in [0.2, 0.25) is 0 Å². The maximum Gasteiger partial charge on any atom is 0.324 e. The molecule has 0 radical (unpaired) electrons. The molecule has 3 nitrogen and oxygen atoms in total. The van der Waals surface area contributed by atoms with Gasteiger partial charge in [0.25, 0.3) is 0 Å². The third-order valence-corrected chi connectivity index (χ3v) is 2.88. The van der Waals surface area contributed by atoms with Gasteiger partial charge < -0.3 is 10.8 Å². The molecular weight excluding hydrogens is 214 g/mol. The van der Waals surface area contributed by atoms with Gasteiger partial charge in [-0.2, -0.15) is 0 Å². The lowest BCUT2D eigenvalue weighted by Gasteiger charge is -2.05. The van der Waals surface area contributed by atoms with Gasteiger partial charge in [0.2, 0.25) is 0 Å². The normalized spacial score (nSPS) is 28.0. The number of halogens is 1. The lowest BCUT2D eigenvalue weighted by Crippen LogP contribution is -2.34. The first-order chi connectivity index (χ1) is 6.54. The van der Waals surface area contributed by atoms with E-state index in [0.717, 1.165) is 5.56 Å². The number of hydrogen-bond donors (Lipinski definition) is 2. The van der Waals surface area contributed by atoms with Crippen LogP contribution in [0.3, 0.4) is 0 Å². The predicted octanol–water partition coefficient (Wildman–Crippen LogP) is 1.69. The highest BCUT2D eigenvalue weighted by atomic mass is 35.5. The monoisotopic (exact) mass is 227 g/mol. The SMILES string of the molecule is Cc1ccc(C2CC2(N)C(=O)O)cc1.Cl. The first-order valence-corrected chi connectivity index (χ1v) is 4.63. The number of benzene rings is 1. The van der Waals surface area contributed by atoms with E-state index in [1.807, 2.05) is 31.2 Å². The van der Waals surface area contributed by atoms with E-state index < -0.39 is 11.5 Å². The van der Waals surface area contributed by atoms with E-state index in [9.17, 15) is 4.79 Å². The van der Waals surface area contributed by atoms with Crippen LogP contribution in [-0.2, 0) is 4.79 Å². The molecule has 1 saturated carbocycles. The van der Waals surface area contributed by atoms with Gasteiger partial charge in [-0.3, -0.25) is 4.79 Å². The number of rotatable bonds is 2. The molecule has 0 aliphatic heterocycles. The van der Waals surface area contributed by atoms with Crippen LogP contribution in [0.1, 0.15) is 23.5 Å². The van der Waals surface area contributed by atoms with Gasteiger partial charge in [-0.05, 0) is 18.9 Å². The van der Waals surface area contributed by atoms with Crippen molar-refractivity contribution in [3.05, 3.63) is 35.4 Å². The predicted molar refractivity (Wildman–Crippen MR) is 60.3 cm³/mol. The van der Waals surface area contributed by atoms with E-state index in [1.54, 1.807) is 0 Å². The molecule has 1 fully saturated rings. The lowest BCUT2D eigenvalue weighted by atomic mass is 10.1. The smallest absolute Gasteiger partial charge is 0.324 e. The zero-order valence-corrected chi connectivity index (χ0v) is 9.25. The van der Waals surface area contributed by atoms with Crippen LogP contribution in [0.5, 0.6) is 0 Å². The molecule has 0 heterocycles. The number of hydrogen-bond acceptors (Lipinski definition) is 2. The molecule has 0 saturated heterocycles. The Kier molecular flexibility index (Phi) is 3.07. The number of nitrogens with two attached hydrogens (primary N) is 1. The van der Waals surface area contributed by atoms with Crippen molar-refractivity contribution in [2.75, 3.05) is 0 Å². The summed E-state index contributed by atoms with van der Waals surface area (Å²) >= 11 is 0. The summed E-state index contributed by atoms with van der Waals surface area (Å²) in [5.41, 5.74) is 6.89. The Bertz CT molecular complexity index is 377. The molecule has 0 amide bonds. The molecule has 1 aliphatic rings. The third-order valence-electron chi connectivity index (χ3n) is 2.88. The van der Waals surface area contributed by atoms with E-state index in [1.165, 1.54) is 5.56 Å². The van der Waals surface area contributed by atoms with Gasteiger partial charge in [-0.25, -0.2) is 0 Å². The molecule has 0 spiro atoms. The molecule has 1 aliphatic carbocycles. The molecule has 1 aromatic carbocycles. The summed E-state index contributed by atoms with van der Waals surface area (Å²) in [4.78, 5) is 10.8. The zero-order chi connectivity index (χ0) is 10.3. The van der Waals surface area contributed by atoms with Gasteiger partial charge in [0, 0.05) is 5.92 Å². The van der Waals surface area contributed by atoms with Gasteiger partial charge in [-0.15, -0.1) is 12.4 Å². The van der Waals surface area contributed by atoms with Crippen LogP contribution in [0.4, 0.5) is 0 Å². The fourth-order valence-corrected chi connectivity index (χ4v) is 1.73. The molecule has 2 unspecified atom stereocenters. The van der Waals surface area contributed by atoms with Gasteiger partial charge >= 0.3 is 5.97 Å². The minimum atomic E-state index is -1.02. The highest BCUT2D eigenvalue weighted by Crippen LogP contribution is 2.49. The van der Waals surface area contributed by atoms with Crippen molar-refractivity contribution in [3.8, 4) is 0 Å². The Labute approximate surface area is 94.7 Å². The van der Waals surface area contributed by atoms with Crippen molar-refractivity contribution in [1.29, 1.82) is 0 Å². The highest BCUT2D eigenvalue weighted by molar-refractivity contribution is 5.85. The summed E-state index contributed by atoms with van der Waals surface area (Å²) in [6, 6.07) is 7.88. The molecular formula is C11H14ClNO2. The van der Waals surface area contributed by atoms with Gasteiger partial charge in [0.1, 0.15) is 5.54 Å². The Balaban J connectivity index is 0.00000112. The molecule has 15 heavy (non-hydrogen) atoms. The second-order valence-electron chi connectivity index (χ2n) is 4.01. The highest BCUT2D eigenvalue weighted by Gasteiger charge is 2.58. The van der Waals surface area contributed by atoms with E-state index in [2.05, 4.69) is 0 Å². The summed E-state index contributed by atoms with van der Waals surface area (Å²) in [5.74, 6) is -0.913. The molecule has 2 rings (SSSR count). The van der Waals surface area contributed by atoms with Crippen molar-refractivity contribution in [3.63, 3.8) is 0 Å². The minimum absolute atomic E-state index is 0. The molecule has 2 atom stereocenters. The van der Waals surface area contributed by atoms with Crippen LogP contribution in [0.25, 0.3) is 0 Å². The van der Waals surface area contributed by atoms with Crippen molar-refractivity contribution in [2.24, 2.45) is 5.73 Å². The second kappa shape index (κ2) is 3.83. The van der Waals surface area contributed by atoms with Gasteiger partial charge in [0.05, 0.1) is 0 Å². The van der Waals surface area contributed by atoms with Crippen LogP contribution < -0.4 is 5.73 Å². The largest absolute Gasteiger partial charge is 0.480 e. The number of aryl methyl sites for hydroxylation is 1. The Morgan fingerprint density at radius 3 is 2.40 bits per heavy atom. The van der Waals surface area contributed by atoms with Crippen LogP contribution in [-0.4, -0.2) is 16.6 Å². The summed E-state index contributed by atoms with van der Waals surface area (Å²) in [6.07, 6.45) is 0.547. The Morgan fingerprint density at radius 2 is 2.00 bits per heavy atom. The van der Waals surface area contributed by atoms with Crippen LogP contribution in [0, 0.1) is 6.92 Å². The Morgan fingerprint density at radius 1 is 1.47 bits per heavy atom. The van der Waals surface area contributed by atoms with Gasteiger partial charge in [0.15, 0.2) is 0 Å². The van der Waals surface area contributed by atoms with Crippen molar-refractivity contribution in [1.82, 2.24) is 0 Å². The maximum atomic E-state index is 10.8. The van der Waals surface area contributed by atoms with Crippen LogP contribution >= 0.6 is 12.4 Å². The van der Waals surface area contributed by atoms with E-state index in [-0.39, 0.29) is 18.3 Å². The lowest BCUT2D eigenvalue weighted by molar-refractivity contribution is -0.139. The first kappa shape index (κ1) is 12.0. The average Bonchev–Trinajstić information content (AvgIpc) is 2.81. The molecule has 1 aromatic rings. The van der Waals surface area contributed by atoms with Crippen molar-refractivity contribution >= 4 is 18.4 Å². The number of aliphatic carboxylic acids is 1. The summed E-state index contributed by atoms with van der Waals surface area (Å²) < 4.78 is 0. The first-order valence-electron chi connectivity index (χ1n) is 4.63. The van der Waals surface area contributed by atoms with Crippen molar-refractivity contribution in [2.45, 2.75) is 24.8 Å². The average molecular weight is 228 g/mol. The summed E-state index contributed by atoms with van der Waals surface area (Å²) in [5, 5.41) is 8.87. The van der Waals surface area contributed by atoms with E-state index >= 15 is 0 Å². The maximum absolute atomic E-state index is 10.8. The summed E-state index contributed by atoms with van der Waals surface area (Å²) in [7, 11) is 0. The number of carbonyl (C=O) groups is 1. The molecule has 82 valence electrons. The molecule has 4 heteroatoms. The van der Waals surface area contributed by atoms with Crippen LogP contribution in [0.15, 0.2) is 24.3 Å². The topological polar surface area (TPSA) is 63.3 Å². The fraction of sp³-hybridized carbons (Fsp3) is 0.364. The van der Waals surface area contributed by atoms with E-state index in [0.29, 0.717) is 6.42 Å². The summed E-state index contributed by atoms with van der Waals surface area (Å²) in [6.45, 7) is 2.00. The molecule has 0 bridgehead atoms. The zero-order valence-electron chi connectivity index (χ0n) is 8.43. The quantitative estimate of drug-likeness (QED) is 0.808. The molecule has 3 N–H and O–H groups in total. The third kappa shape index (κ3) is 1.98. The number of carboxylic acids is 1. The standard InChI is InChI=1S/C11H13NO2.ClH/c1-7-2-4-8(5-3-7)9-6-11(9,12)10(13)14;/h2-5,9H,6,12H2,1H3,(H,13,14);1H. The van der Waals surface area contributed by atoms with Gasteiger partial charge in [-0.1, -0.05) is 29.8 Å². The molecule has 0 aromatic heterocycles. The Hall–Kier alpha value is -1.06. The fourth-order valence-electron chi connectivity index (χ4n) is 1.73. The minimum Gasteiger partial charge on any atom is -0.480 e.